The van der Waals surface area contributed by atoms with Crippen LogP contribution in [0, 0.1) is 0 Å². The highest BCUT2D eigenvalue weighted by Crippen LogP contribution is 2.14. The zero-order valence-corrected chi connectivity index (χ0v) is 17.9. The van der Waals surface area contributed by atoms with Crippen LogP contribution in [0.15, 0.2) is 0 Å². The molecule has 1 atom stereocenters. The highest BCUT2D eigenvalue weighted by Gasteiger charge is 2.22. The largest absolute Gasteiger partial charge is 0.463 e. The molecular formula is C23H44O4. The maximum absolute atomic E-state index is 11.6. The standard InChI is InChI=1S/C23H44O4/c1-2-3-4-5-6-7-8-9-10-11-12-13-14-15-16-17-23(24)26-19-18-25-20-22-21-27-22/h22H,2-21H2,1H3. The van der Waals surface area contributed by atoms with Crippen molar-refractivity contribution in [1.29, 1.82) is 0 Å². The lowest BCUT2D eigenvalue weighted by atomic mass is 10.0. The zero-order valence-electron chi connectivity index (χ0n) is 17.9. The molecule has 0 saturated carbocycles. The molecule has 160 valence electrons. The average Bonchev–Trinajstić information content (AvgIpc) is 3.49. The Labute approximate surface area is 167 Å². The van der Waals surface area contributed by atoms with Crippen molar-refractivity contribution in [3.63, 3.8) is 0 Å². The first kappa shape index (κ1) is 24.4. The van der Waals surface area contributed by atoms with E-state index in [9.17, 15) is 4.79 Å². The van der Waals surface area contributed by atoms with Crippen molar-refractivity contribution in [2.45, 2.75) is 116 Å². The summed E-state index contributed by atoms with van der Waals surface area (Å²) in [6.45, 7) is 4.54. The van der Waals surface area contributed by atoms with Crippen molar-refractivity contribution < 1.29 is 19.0 Å². The van der Waals surface area contributed by atoms with E-state index in [1.54, 1.807) is 0 Å². The molecule has 1 aliphatic rings. The number of unbranched alkanes of at least 4 members (excludes halogenated alkanes) is 14. The van der Waals surface area contributed by atoms with E-state index in [-0.39, 0.29) is 12.1 Å². The van der Waals surface area contributed by atoms with Gasteiger partial charge in [-0.1, -0.05) is 96.8 Å². The van der Waals surface area contributed by atoms with Crippen LogP contribution in [0.3, 0.4) is 0 Å². The highest BCUT2D eigenvalue weighted by molar-refractivity contribution is 5.69. The Balaban J connectivity index is 1.67. The van der Waals surface area contributed by atoms with Crippen LogP contribution < -0.4 is 0 Å². The lowest BCUT2D eigenvalue weighted by Gasteiger charge is -2.05. The molecule has 0 amide bonds. The van der Waals surface area contributed by atoms with E-state index in [1.165, 1.54) is 83.5 Å². The van der Waals surface area contributed by atoms with Gasteiger partial charge in [0.25, 0.3) is 0 Å². The fourth-order valence-corrected chi connectivity index (χ4v) is 3.31. The van der Waals surface area contributed by atoms with E-state index < -0.39 is 0 Å². The number of hydrogen-bond donors (Lipinski definition) is 0. The van der Waals surface area contributed by atoms with E-state index in [2.05, 4.69) is 6.92 Å². The normalized spacial score (nSPS) is 15.8. The van der Waals surface area contributed by atoms with Gasteiger partial charge < -0.3 is 14.2 Å². The van der Waals surface area contributed by atoms with Gasteiger partial charge in [-0.05, 0) is 6.42 Å². The average molecular weight is 385 g/mol. The Morgan fingerprint density at radius 3 is 1.74 bits per heavy atom. The van der Waals surface area contributed by atoms with E-state index >= 15 is 0 Å². The molecule has 1 unspecified atom stereocenters. The topological polar surface area (TPSA) is 48.1 Å². The van der Waals surface area contributed by atoms with Crippen molar-refractivity contribution in [3.8, 4) is 0 Å². The smallest absolute Gasteiger partial charge is 0.305 e. The van der Waals surface area contributed by atoms with Crippen molar-refractivity contribution in [2.24, 2.45) is 0 Å². The molecule has 0 aromatic heterocycles. The van der Waals surface area contributed by atoms with Gasteiger partial charge in [0.1, 0.15) is 12.7 Å². The molecule has 0 spiro atoms. The third-order valence-electron chi connectivity index (χ3n) is 5.18. The van der Waals surface area contributed by atoms with Crippen molar-refractivity contribution >= 4 is 5.97 Å². The summed E-state index contributed by atoms with van der Waals surface area (Å²) in [5.74, 6) is -0.0871. The summed E-state index contributed by atoms with van der Waals surface area (Å²) in [4.78, 5) is 11.6. The third-order valence-corrected chi connectivity index (χ3v) is 5.18. The van der Waals surface area contributed by atoms with Crippen molar-refractivity contribution in [1.82, 2.24) is 0 Å². The van der Waals surface area contributed by atoms with Gasteiger partial charge in [0.15, 0.2) is 0 Å². The molecule has 0 aromatic rings. The van der Waals surface area contributed by atoms with Crippen LogP contribution >= 0.6 is 0 Å². The Morgan fingerprint density at radius 2 is 1.26 bits per heavy atom. The molecule has 0 N–H and O–H groups in total. The molecule has 1 saturated heterocycles. The van der Waals surface area contributed by atoms with Crippen LogP contribution in [0.4, 0.5) is 0 Å². The fourth-order valence-electron chi connectivity index (χ4n) is 3.31. The van der Waals surface area contributed by atoms with Crippen molar-refractivity contribution in [2.75, 3.05) is 26.4 Å². The lowest BCUT2D eigenvalue weighted by molar-refractivity contribution is -0.145. The SMILES string of the molecule is CCCCCCCCCCCCCCCCCC(=O)OCCOCC1CO1. The monoisotopic (exact) mass is 384 g/mol. The number of carbonyl (C=O) groups is 1. The van der Waals surface area contributed by atoms with Crippen molar-refractivity contribution in [3.05, 3.63) is 0 Å². The first-order chi connectivity index (χ1) is 13.3. The second-order valence-electron chi connectivity index (χ2n) is 7.95. The van der Waals surface area contributed by atoms with E-state index in [4.69, 9.17) is 14.2 Å². The van der Waals surface area contributed by atoms with Crippen LogP contribution in [0.25, 0.3) is 0 Å². The molecule has 4 nitrogen and oxygen atoms in total. The minimum atomic E-state index is -0.0871. The third kappa shape index (κ3) is 18.5. The Hall–Kier alpha value is -0.610. The predicted octanol–water partition coefficient (Wildman–Crippen LogP) is 6.21. The van der Waals surface area contributed by atoms with Gasteiger partial charge in [0.05, 0.1) is 19.8 Å². The molecule has 0 bridgehead atoms. The fraction of sp³-hybridized carbons (Fsp3) is 0.957. The molecule has 1 fully saturated rings. The van der Waals surface area contributed by atoms with Crippen LogP contribution in [0.5, 0.6) is 0 Å². The molecule has 27 heavy (non-hydrogen) atoms. The predicted molar refractivity (Wildman–Crippen MR) is 111 cm³/mol. The zero-order chi connectivity index (χ0) is 19.4. The summed E-state index contributed by atoms with van der Waals surface area (Å²) in [5.41, 5.74) is 0. The number of hydrogen-bond acceptors (Lipinski definition) is 4. The maximum Gasteiger partial charge on any atom is 0.305 e. The summed E-state index contributed by atoms with van der Waals surface area (Å²) in [6, 6.07) is 0. The van der Waals surface area contributed by atoms with Crippen LogP contribution in [-0.4, -0.2) is 38.5 Å². The Bertz CT molecular complexity index is 328. The van der Waals surface area contributed by atoms with Gasteiger partial charge in [-0.3, -0.25) is 4.79 Å². The van der Waals surface area contributed by atoms with Gasteiger partial charge in [-0.2, -0.15) is 0 Å². The summed E-state index contributed by atoms with van der Waals surface area (Å²) >= 11 is 0. The number of rotatable bonds is 21. The number of carbonyl (C=O) groups excluding carboxylic acids is 1. The first-order valence-electron chi connectivity index (χ1n) is 11.7. The number of esters is 1. The Kier molecular flexibility index (Phi) is 17.0. The molecule has 0 radical (unpaired) electrons. The Morgan fingerprint density at radius 1 is 0.778 bits per heavy atom. The molecule has 0 aliphatic carbocycles. The molecule has 0 aromatic carbocycles. The number of epoxide rings is 1. The second kappa shape index (κ2) is 18.7. The maximum atomic E-state index is 11.6. The summed E-state index contributed by atoms with van der Waals surface area (Å²) in [5, 5.41) is 0. The van der Waals surface area contributed by atoms with Gasteiger partial charge in [0, 0.05) is 6.42 Å². The van der Waals surface area contributed by atoms with Gasteiger partial charge in [-0.15, -0.1) is 0 Å². The number of ether oxygens (including phenoxy) is 3. The first-order valence-corrected chi connectivity index (χ1v) is 11.7. The van der Waals surface area contributed by atoms with E-state index in [0.717, 1.165) is 19.4 Å². The van der Waals surface area contributed by atoms with Crippen LogP contribution in [-0.2, 0) is 19.0 Å². The summed E-state index contributed by atoms with van der Waals surface area (Å²) < 4.78 is 15.5. The van der Waals surface area contributed by atoms with E-state index in [0.29, 0.717) is 26.2 Å². The minimum absolute atomic E-state index is 0.0871. The van der Waals surface area contributed by atoms with Gasteiger partial charge >= 0.3 is 5.97 Å². The second-order valence-corrected chi connectivity index (χ2v) is 7.95. The molecular weight excluding hydrogens is 340 g/mol. The van der Waals surface area contributed by atoms with Crippen LogP contribution in [0.2, 0.25) is 0 Å². The minimum Gasteiger partial charge on any atom is -0.463 e. The van der Waals surface area contributed by atoms with Crippen LogP contribution in [0.1, 0.15) is 110 Å². The molecule has 1 rings (SSSR count). The lowest BCUT2D eigenvalue weighted by Crippen LogP contribution is -2.12. The van der Waals surface area contributed by atoms with Gasteiger partial charge in [-0.25, -0.2) is 0 Å². The molecule has 1 heterocycles. The van der Waals surface area contributed by atoms with Gasteiger partial charge in [0.2, 0.25) is 0 Å². The molecule has 1 aliphatic heterocycles. The quantitative estimate of drug-likeness (QED) is 0.134. The molecule has 4 heteroatoms. The highest BCUT2D eigenvalue weighted by atomic mass is 16.6. The summed E-state index contributed by atoms with van der Waals surface area (Å²) in [7, 11) is 0. The van der Waals surface area contributed by atoms with E-state index in [1.807, 2.05) is 0 Å². The summed E-state index contributed by atoms with van der Waals surface area (Å²) in [6.07, 6.45) is 20.9.